The number of para-hydroxylation sites is 1. The Hall–Kier alpha value is -2.95. The van der Waals surface area contributed by atoms with Crippen molar-refractivity contribution in [1.29, 1.82) is 0 Å². The van der Waals surface area contributed by atoms with Gasteiger partial charge in [0.2, 0.25) is 0 Å². The molecule has 1 aliphatic rings. The molecule has 1 fully saturated rings. The average molecular weight is 360 g/mol. The summed E-state index contributed by atoms with van der Waals surface area (Å²) >= 11 is 0. The zero-order valence-electron chi connectivity index (χ0n) is 15.7. The molecule has 1 aromatic heterocycles. The first kappa shape index (κ1) is 17.5. The molecule has 1 amide bonds. The van der Waals surface area contributed by atoms with E-state index >= 15 is 0 Å². The van der Waals surface area contributed by atoms with E-state index in [0.717, 1.165) is 36.2 Å². The number of nitrogens with zero attached hydrogens (tertiary/aromatic N) is 4. The van der Waals surface area contributed by atoms with Crippen molar-refractivity contribution in [2.75, 3.05) is 0 Å². The Morgan fingerprint density at radius 2 is 1.52 bits per heavy atom. The van der Waals surface area contributed by atoms with Crippen molar-refractivity contribution in [3.63, 3.8) is 0 Å². The first-order valence-corrected chi connectivity index (χ1v) is 9.56. The molecule has 2 unspecified atom stereocenters. The molecule has 3 aromatic rings. The van der Waals surface area contributed by atoms with Crippen LogP contribution >= 0.6 is 0 Å². The highest BCUT2D eigenvalue weighted by atomic mass is 16.2. The summed E-state index contributed by atoms with van der Waals surface area (Å²) in [6.07, 6.45) is 3.22. The summed E-state index contributed by atoms with van der Waals surface area (Å²) in [5.74, 6) is -0.0317. The minimum Gasteiger partial charge on any atom is -0.332 e. The first-order chi connectivity index (χ1) is 13.2. The monoisotopic (exact) mass is 360 g/mol. The Morgan fingerprint density at radius 1 is 0.926 bits per heavy atom. The molecule has 0 spiro atoms. The van der Waals surface area contributed by atoms with Gasteiger partial charge in [-0.05, 0) is 45.2 Å². The smallest absolute Gasteiger partial charge is 0.277 e. The van der Waals surface area contributed by atoms with Gasteiger partial charge in [0.05, 0.1) is 5.69 Å². The Labute approximate surface area is 159 Å². The minimum absolute atomic E-state index is 0.0317. The van der Waals surface area contributed by atoms with Crippen molar-refractivity contribution in [3.05, 3.63) is 66.4 Å². The normalized spacial score (nSPS) is 19.9. The van der Waals surface area contributed by atoms with E-state index in [1.54, 1.807) is 4.68 Å². The van der Waals surface area contributed by atoms with Crippen LogP contribution in [0.15, 0.2) is 60.7 Å². The van der Waals surface area contributed by atoms with Crippen LogP contribution in [0, 0.1) is 0 Å². The summed E-state index contributed by atoms with van der Waals surface area (Å²) in [6, 6.07) is 20.2. The molecule has 4 rings (SSSR count). The third kappa shape index (κ3) is 3.25. The summed E-state index contributed by atoms with van der Waals surface area (Å²) in [7, 11) is 0. The molecule has 0 bridgehead atoms. The van der Waals surface area contributed by atoms with Crippen molar-refractivity contribution in [2.24, 2.45) is 0 Å². The summed E-state index contributed by atoms with van der Waals surface area (Å²) < 4.78 is 1.77. The molecule has 1 aliphatic heterocycles. The van der Waals surface area contributed by atoms with Gasteiger partial charge >= 0.3 is 0 Å². The van der Waals surface area contributed by atoms with Gasteiger partial charge in [-0.25, -0.2) is 4.68 Å². The SMILES string of the molecule is CC1CCCC(C)N1C(=O)c1nnn(-c2ccccc2)c1-c1ccccc1. The second-order valence-corrected chi connectivity index (χ2v) is 7.24. The van der Waals surface area contributed by atoms with E-state index in [2.05, 4.69) is 24.2 Å². The van der Waals surface area contributed by atoms with Crippen LogP contribution in [0.25, 0.3) is 16.9 Å². The standard InChI is InChI=1S/C22H24N4O/c1-16-10-9-11-17(2)25(16)22(27)20-21(18-12-5-3-6-13-18)26(24-23-20)19-14-7-4-8-15-19/h3-8,12-17H,9-11H2,1-2H3. The van der Waals surface area contributed by atoms with Crippen molar-refractivity contribution in [3.8, 4) is 16.9 Å². The topological polar surface area (TPSA) is 51.0 Å². The molecule has 138 valence electrons. The molecule has 2 atom stereocenters. The van der Waals surface area contributed by atoms with E-state index in [1.165, 1.54) is 0 Å². The molecule has 2 heterocycles. The van der Waals surface area contributed by atoms with Crippen molar-refractivity contribution < 1.29 is 4.79 Å². The van der Waals surface area contributed by atoms with Crippen LogP contribution in [0.2, 0.25) is 0 Å². The van der Waals surface area contributed by atoms with Gasteiger partial charge in [-0.1, -0.05) is 53.7 Å². The quantitative estimate of drug-likeness (QED) is 0.698. The zero-order chi connectivity index (χ0) is 18.8. The molecule has 1 saturated heterocycles. The van der Waals surface area contributed by atoms with Crippen LogP contribution in [0.3, 0.4) is 0 Å². The highest BCUT2D eigenvalue weighted by Crippen LogP contribution is 2.29. The van der Waals surface area contributed by atoms with Crippen LogP contribution in [0.1, 0.15) is 43.6 Å². The van der Waals surface area contributed by atoms with Gasteiger partial charge in [-0.3, -0.25) is 4.79 Å². The maximum atomic E-state index is 13.5. The summed E-state index contributed by atoms with van der Waals surface area (Å²) in [5.41, 5.74) is 3.00. The van der Waals surface area contributed by atoms with Crippen LogP contribution in [0.4, 0.5) is 0 Å². The van der Waals surface area contributed by atoms with E-state index in [-0.39, 0.29) is 18.0 Å². The lowest BCUT2D eigenvalue weighted by Gasteiger charge is -2.38. The van der Waals surface area contributed by atoms with Gasteiger partial charge in [0.25, 0.3) is 5.91 Å². The third-order valence-electron chi connectivity index (χ3n) is 5.35. The number of carbonyl (C=O) groups excluding carboxylic acids is 1. The highest BCUT2D eigenvalue weighted by molar-refractivity contribution is 5.98. The molecule has 27 heavy (non-hydrogen) atoms. The van der Waals surface area contributed by atoms with E-state index < -0.39 is 0 Å². The predicted molar refractivity (Wildman–Crippen MR) is 106 cm³/mol. The predicted octanol–water partition coefficient (Wildman–Crippen LogP) is 4.34. The number of benzene rings is 2. The molecule has 0 saturated carbocycles. The van der Waals surface area contributed by atoms with Crippen molar-refractivity contribution in [2.45, 2.75) is 45.2 Å². The summed E-state index contributed by atoms with van der Waals surface area (Å²) in [5, 5.41) is 8.68. The maximum absolute atomic E-state index is 13.5. The molecule has 0 aliphatic carbocycles. The van der Waals surface area contributed by atoms with Gasteiger partial charge in [-0.2, -0.15) is 0 Å². The maximum Gasteiger partial charge on any atom is 0.277 e. The first-order valence-electron chi connectivity index (χ1n) is 9.56. The fraction of sp³-hybridized carbons (Fsp3) is 0.318. The number of aromatic nitrogens is 3. The fourth-order valence-electron chi connectivity index (χ4n) is 3.97. The molecule has 0 N–H and O–H groups in total. The molecular formula is C22H24N4O. The largest absolute Gasteiger partial charge is 0.332 e. The minimum atomic E-state index is -0.0317. The van der Waals surface area contributed by atoms with Gasteiger partial charge in [0, 0.05) is 17.6 Å². The number of hydrogen-bond donors (Lipinski definition) is 0. The number of carbonyl (C=O) groups is 1. The average Bonchev–Trinajstić information content (AvgIpc) is 3.14. The van der Waals surface area contributed by atoms with E-state index in [4.69, 9.17) is 0 Å². The van der Waals surface area contributed by atoms with Crippen molar-refractivity contribution in [1.82, 2.24) is 19.9 Å². The molecule has 5 heteroatoms. The fourth-order valence-corrected chi connectivity index (χ4v) is 3.97. The Bertz CT molecular complexity index is 910. The van der Waals surface area contributed by atoms with Crippen LogP contribution in [0.5, 0.6) is 0 Å². The summed E-state index contributed by atoms with van der Waals surface area (Å²) in [6.45, 7) is 4.24. The van der Waals surface area contributed by atoms with E-state index in [9.17, 15) is 4.79 Å². The zero-order valence-corrected chi connectivity index (χ0v) is 15.7. The lowest BCUT2D eigenvalue weighted by Crippen LogP contribution is -2.47. The number of amides is 1. The van der Waals surface area contributed by atoms with Crippen LogP contribution < -0.4 is 0 Å². The number of hydrogen-bond acceptors (Lipinski definition) is 3. The van der Waals surface area contributed by atoms with Gasteiger partial charge in [-0.15, -0.1) is 5.10 Å². The lowest BCUT2D eigenvalue weighted by atomic mass is 9.96. The van der Waals surface area contributed by atoms with Gasteiger partial charge in [0.15, 0.2) is 5.69 Å². The number of likely N-dealkylation sites (tertiary alicyclic amines) is 1. The molecule has 2 aromatic carbocycles. The molecule has 5 nitrogen and oxygen atoms in total. The summed E-state index contributed by atoms with van der Waals surface area (Å²) in [4.78, 5) is 15.5. The number of piperidine rings is 1. The molecular weight excluding hydrogens is 336 g/mol. The van der Waals surface area contributed by atoms with Crippen molar-refractivity contribution >= 4 is 5.91 Å². The van der Waals surface area contributed by atoms with Gasteiger partial charge in [0.1, 0.15) is 5.69 Å². The molecule has 0 radical (unpaired) electrons. The van der Waals surface area contributed by atoms with E-state index in [0.29, 0.717) is 5.69 Å². The number of rotatable bonds is 3. The van der Waals surface area contributed by atoms with E-state index in [1.807, 2.05) is 65.6 Å². The van der Waals surface area contributed by atoms with Crippen LogP contribution in [-0.2, 0) is 0 Å². The third-order valence-corrected chi connectivity index (χ3v) is 5.35. The van der Waals surface area contributed by atoms with Gasteiger partial charge < -0.3 is 4.90 Å². The Kier molecular flexibility index (Phi) is 4.75. The van der Waals surface area contributed by atoms with Crippen LogP contribution in [-0.4, -0.2) is 37.9 Å². The lowest BCUT2D eigenvalue weighted by molar-refractivity contribution is 0.0505. The Morgan fingerprint density at radius 3 is 2.15 bits per heavy atom. The highest BCUT2D eigenvalue weighted by Gasteiger charge is 2.33. The Balaban J connectivity index is 1.84. The second-order valence-electron chi connectivity index (χ2n) is 7.24. The second kappa shape index (κ2) is 7.35.